The van der Waals surface area contributed by atoms with Crippen molar-refractivity contribution in [2.45, 2.75) is 31.5 Å². The number of benzene rings is 3. The number of carbonyl (C=O) groups is 4. The number of nitrogens with one attached hydrogen (secondary N) is 1. The molecule has 3 aliphatic heterocycles. The van der Waals surface area contributed by atoms with Crippen molar-refractivity contribution in [2.24, 2.45) is 0 Å². The van der Waals surface area contributed by atoms with Crippen LogP contribution in [0.5, 0.6) is 11.5 Å². The molecule has 210 valence electrons. The molecule has 0 aromatic heterocycles. The fraction of sp³-hybridized carbons (Fsp3) is 0.290. The minimum atomic E-state index is -0.740. The van der Waals surface area contributed by atoms with E-state index < -0.39 is 11.9 Å². The molecule has 10 heteroatoms. The molecule has 6 rings (SSSR count). The van der Waals surface area contributed by atoms with Crippen LogP contribution >= 0.6 is 0 Å². The Bertz CT molecular complexity index is 1470. The van der Waals surface area contributed by atoms with Gasteiger partial charge in [-0.05, 0) is 53.4 Å². The highest BCUT2D eigenvalue weighted by molar-refractivity contribution is 6.11. The molecule has 0 spiro atoms. The molecule has 3 aromatic carbocycles. The van der Waals surface area contributed by atoms with Gasteiger partial charge in [0.05, 0.1) is 17.2 Å². The summed E-state index contributed by atoms with van der Waals surface area (Å²) >= 11 is 0. The number of nitrogens with zero attached hydrogens (tertiary/aromatic N) is 3. The summed E-state index contributed by atoms with van der Waals surface area (Å²) in [6, 6.07) is 18.4. The van der Waals surface area contributed by atoms with E-state index in [0.29, 0.717) is 42.9 Å². The molecule has 3 aromatic rings. The minimum absolute atomic E-state index is 0.141. The number of fused-ring (bicyclic) bond motifs is 1. The Morgan fingerprint density at radius 1 is 0.829 bits per heavy atom. The van der Waals surface area contributed by atoms with E-state index in [1.807, 2.05) is 24.3 Å². The van der Waals surface area contributed by atoms with Crippen LogP contribution in [0.1, 0.15) is 56.3 Å². The SMILES string of the molecule is O=C1CCC(N2Cc3cccc(C(=O)N4CCN(C(c5ccc(O)cc5)c5ccc(O)cc5)CC4)c3C2=O)C(=O)N1. The molecular weight excluding hydrogens is 524 g/mol. The summed E-state index contributed by atoms with van der Waals surface area (Å²) in [5.41, 5.74) is 3.31. The van der Waals surface area contributed by atoms with Crippen LogP contribution in [0.3, 0.4) is 0 Å². The molecule has 4 amide bonds. The molecule has 3 heterocycles. The lowest BCUT2D eigenvalue weighted by Gasteiger charge is -2.40. The van der Waals surface area contributed by atoms with Crippen molar-refractivity contribution in [3.05, 3.63) is 94.5 Å². The number of amides is 4. The minimum Gasteiger partial charge on any atom is -0.508 e. The molecule has 2 saturated heterocycles. The molecule has 3 aliphatic rings. The summed E-state index contributed by atoms with van der Waals surface area (Å²) in [4.78, 5) is 56.7. The molecule has 3 N–H and O–H groups in total. The van der Waals surface area contributed by atoms with Crippen molar-refractivity contribution in [3.63, 3.8) is 0 Å². The molecular formula is C31H30N4O6. The van der Waals surface area contributed by atoms with Gasteiger partial charge in [0.25, 0.3) is 11.8 Å². The van der Waals surface area contributed by atoms with Crippen LogP contribution in [0.25, 0.3) is 0 Å². The van der Waals surface area contributed by atoms with Crippen molar-refractivity contribution < 1.29 is 29.4 Å². The number of hydrogen-bond acceptors (Lipinski definition) is 7. The lowest BCUT2D eigenvalue weighted by atomic mass is 9.96. The van der Waals surface area contributed by atoms with Crippen molar-refractivity contribution in [1.82, 2.24) is 20.0 Å². The third kappa shape index (κ3) is 5.02. The third-order valence-corrected chi connectivity index (χ3v) is 8.17. The largest absolute Gasteiger partial charge is 0.508 e. The zero-order valence-electron chi connectivity index (χ0n) is 22.3. The molecule has 0 bridgehead atoms. The number of hydrogen-bond donors (Lipinski definition) is 3. The van der Waals surface area contributed by atoms with Crippen molar-refractivity contribution in [3.8, 4) is 11.5 Å². The van der Waals surface area contributed by atoms with Gasteiger partial charge in [-0.3, -0.25) is 29.4 Å². The quantitative estimate of drug-likeness (QED) is 0.413. The number of imide groups is 1. The summed E-state index contributed by atoms with van der Waals surface area (Å²) < 4.78 is 0. The number of rotatable bonds is 5. The first-order valence-electron chi connectivity index (χ1n) is 13.7. The Kier molecular flexibility index (Phi) is 6.92. The van der Waals surface area contributed by atoms with Gasteiger partial charge in [0.15, 0.2) is 0 Å². The number of carbonyl (C=O) groups excluding carboxylic acids is 4. The van der Waals surface area contributed by atoms with Gasteiger partial charge in [0.2, 0.25) is 11.8 Å². The van der Waals surface area contributed by atoms with Crippen molar-refractivity contribution in [1.29, 1.82) is 0 Å². The highest BCUT2D eigenvalue weighted by Gasteiger charge is 2.41. The summed E-state index contributed by atoms with van der Waals surface area (Å²) in [6.45, 7) is 2.25. The predicted octanol–water partition coefficient (Wildman–Crippen LogP) is 2.41. The monoisotopic (exact) mass is 554 g/mol. The summed E-state index contributed by atoms with van der Waals surface area (Å²) in [5.74, 6) is -1.07. The van der Waals surface area contributed by atoms with Crippen LogP contribution < -0.4 is 5.32 Å². The third-order valence-electron chi connectivity index (χ3n) is 8.17. The Balaban J connectivity index is 1.19. The number of piperazine rings is 1. The maximum absolute atomic E-state index is 13.7. The first kappa shape index (κ1) is 26.5. The number of aromatic hydroxyl groups is 2. The van der Waals surface area contributed by atoms with Crippen LogP contribution in [0.15, 0.2) is 66.7 Å². The number of phenolic OH excluding ortho intramolecular Hbond substituents is 2. The van der Waals surface area contributed by atoms with Crippen LogP contribution in [0.2, 0.25) is 0 Å². The zero-order valence-corrected chi connectivity index (χ0v) is 22.3. The fourth-order valence-electron chi connectivity index (χ4n) is 6.07. The van der Waals surface area contributed by atoms with Gasteiger partial charge in [-0.15, -0.1) is 0 Å². The topological polar surface area (TPSA) is 130 Å². The second-order valence-corrected chi connectivity index (χ2v) is 10.7. The van der Waals surface area contributed by atoms with E-state index in [0.717, 1.165) is 11.1 Å². The smallest absolute Gasteiger partial charge is 0.256 e. The molecule has 1 atom stereocenters. The van der Waals surface area contributed by atoms with E-state index >= 15 is 0 Å². The van der Waals surface area contributed by atoms with E-state index in [1.165, 1.54) is 4.90 Å². The lowest BCUT2D eigenvalue weighted by molar-refractivity contribution is -0.136. The van der Waals surface area contributed by atoms with E-state index in [1.54, 1.807) is 47.4 Å². The second-order valence-electron chi connectivity index (χ2n) is 10.7. The number of piperidine rings is 1. The average Bonchev–Trinajstić information content (AvgIpc) is 3.31. The van der Waals surface area contributed by atoms with E-state index in [-0.39, 0.29) is 54.6 Å². The molecule has 2 fully saturated rings. The van der Waals surface area contributed by atoms with Gasteiger partial charge in [0.1, 0.15) is 17.5 Å². The molecule has 0 radical (unpaired) electrons. The highest BCUT2D eigenvalue weighted by atomic mass is 16.3. The van der Waals surface area contributed by atoms with Gasteiger partial charge < -0.3 is 20.0 Å². The van der Waals surface area contributed by atoms with Crippen molar-refractivity contribution in [2.75, 3.05) is 26.2 Å². The summed E-state index contributed by atoms with van der Waals surface area (Å²) in [7, 11) is 0. The van der Waals surface area contributed by atoms with Crippen LogP contribution in [0.4, 0.5) is 0 Å². The molecule has 0 saturated carbocycles. The molecule has 0 aliphatic carbocycles. The van der Waals surface area contributed by atoms with Gasteiger partial charge in [-0.25, -0.2) is 0 Å². The predicted molar refractivity (Wildman–Crippen MR) is 148 cm³/mol. The van der Waals surface area contributed by atoms with E-state index in [9.17, 15) is 29.4 Å². The zero-order chi connectivity index (χ0) is 28.7. The molecule has 41 heavy (non-hydrogen) atoms. The maximum atomic E-state index is 13.7. The van der Waals surface area contributed by atoms with Crippen LogP contribution in [-0.2, 0) is 16.1 Å². The fourth-order valence-corrected chi connectivity index (χ4v) is 6.07. The van der Waals surface area contributed by atoms with E-state index in [4.69, 9.17) is 0 Å². The Morgan fingerprint density at radius 3 is 2.02 bits per heavy atom. The average molecular weight is 555 g/mol. The first-order valence-corrected chi connectivity index (χ1v) is 13.7. The second kappa shape index (κ2) is 10.7. The Morgan fingerprint density at radius 2 is 1.44 bits per heavy atom. The first-order chi connectivity index (χ1) is 19.8. The summed E-state index contributed by atoms with van der Waals surface area (Å²) in [5, 5.41) is 21.9. The number of phenols is 2. The maximum Gasteiger partial charge on any atom is 0.256 e. The summed E-state index contributed by atoms with van der Waals surface area (Å²) in [6.07, 6.45) is 0.431. The Labute approximate surface area is 236 Å². The standard InChI is InChI=1S/C31H30N4O6/c36-22-8-4-19(5-9-22)28(20-6-10-23(37)11-7-20)33-14-16-34(17-15-33)30(40)24-3-1-2-21-18-35(31(41)27(21)24)25-12-13-26(38)32-29(25)39/h1-11,25,28,36-37H,12-18H2,(H,32,38,39). The van der Waals surface area contributed by atoms with Gasteiger partial charge in [-0.1, -0.05) is 36.4 Å². The van der Waals surface area contributed by atoms with Crippen LogP contribution in [-0.4, -0.2) is 80.8 Å². The molecule has 10 nitrogen and oxygen atoms in total. The lowest BCUT2D eigenvalue weighted by Crippen LogP contribution is -2.52. The Hall–Kier alpha value is -4.70. The van der Waals surface area contributed by atoms with Crippen molar-refractivity contribution >= 4 is 23.6 Å². The van der Waals surface area contributed by atoms with Gasteiger partial charge in [-0.2, -0.15) is 0 Å². The normalized spacial score (nSPS) is 19.4. The van der Waals surface area contributed by atoms with E-state index in [2.05, 4.69) is 10.2 Å². The van der Waals surface area contributed by atoms with Crippen LogP contribution in [0, 0.1) is 0 Å². The van der Waals surface area contributed by atoms with Gasteiger partial charge in [0, 0.05) is 39.1 Å². The highest BCUT2D eigenvalue weighted by Crippen LogP contribution is 2.33. The molecule has 1 unspecified atom stereocenters. The van der Waals surface area contributed by atoms with Gasteiger partial charge >= 0.3 is 0 Å².